The SMILES string of the molecule is C=C(CCC1OC(=O)CC1(C)C)C(=O)O. The fourth-order valence-corrected chi connectivity index (χ4v) is 1.71. The lowest BCUT2D eigenvalue weighted by atomic mass is 9.83. The van der Waals surface area contributed by atoms with Crippen LogP contribution >= 0.6 is 0 Å². The molecule has 1 rings (SSSR count). The van der Waals surface area contributed by atoms with Gasteiger partial charge >= 0.3 is 11.9 Å². The van der Waals surface area contributed by atoms with E-state index in [0.29, 0.717) is 19.3 Å². The molecule has 1 aliphatic rings. The van der Waals surface area contributed by atoms with E-state index in [0.717, 1.165) is 0 Å². The van der Waals surface area contributed by atoms with Crippen LogP contribution in [0.3, 0.4) is 0 Å². The predicted molar refractivity (Wildman–Crippen MR) is 54.3 cm³/mol. The van der Waals surface area contributed by atoms with Crippen molar-refractivity contribution in [1.82, 2.24) is 0 Å². The second-order valence-electron chi connectivity index (χ2n) is 4.59. The van der Waals surface area contributed by atoms with Crippen molar-refractivity contribution in [3.05, 3.63) is 12.2 Å². The molecule has 1 heterocycles. The van der Waals surface area contributed by atoms with Gasteiger partial charge < -0.3 is 9.84 Å². The van der Waals surface area contributed by atoms with Gasteiger partial charge in [-0.05, 0) is 12.8 Å². The second kappa shape index (κ2) is 4.04. The minimum absolute atomic E-state index is 0.161. The average molecular weight is 212 g/mol. The van der Waals surface area contributed by atoms with Crippen molar-refractivity contribution < 1.29 is 19.4 Å². The maximum atomic E-state index is 11.1. The molecule has 0 radical (unpaired) electrons. The third-order valence-corrected chi connectivity index (χ3v) is 2.76. The van der Waals surface area contributed by atoms with E-state index in [2.05, 4.69) is 6.58 Å². The molecule has 0 aromatic rings. The quantitative estimate of drug-likeness (QED) is 0.569. The third-order valence-electron chi connectivity index (χ3n) is 2.76. The fraction of sp³-hybridized carbons (Fsp3) is 0.636. The maximum absolute atomic E-state index is 11.1. The first-order valence-electron chi connectivity index (χ1n) is 4.93. The van der Waals surface area contributed by atoms with Gasteiger partial charge in [-0.2, -0.15) is 0 Å². The Hall–Kier alpha value is -1.32. The molecule has 0 amide bonds. The van der Waals surface area contributed by atoms with Gasteiger partial charge in [0.05, 0.1) is 6.42 Å². The van der Waals surface area contributed by atoms with E-state index >= 15 is 0 Å². The van der Waals surface area contributed by atoms with Crippen LogP contribution in [0, 0.1) is 5.41 Å². The molecular weight excluding hydrogens is 196 g/mol. The summed E-state index contributed by atoms with van der Waals surface area (Å²) in [6.07, 6.45) is 1.10. The molecule has 1 unspecified atom stereocenters. The molecule has 0 aliphatic carbocycles. The van der Waals surface area contributed by atoms with Gasteiger partial charge in [0, 0.05) is 11.0 Å². The van der Waals surface area contributed by atoms with E-state index in [9.17, 15) is 9.59 Å². The van der Waals surface area contributed by atoms with Gasteiger partial charge in [0.25, 0.3) is 0 Å². The summed E-state index contributed by atoms with van der Waals surface area (Å²) < 4.78 is 5.13. The molecule has 1 N–H and O–H groups in total. The molecule has 0 aromatic heterocycles. The van der Waals surface area contributed by atoms with Crippen molar-refractivity contribution in [2.75, 3.05) is 0 Å². The summed E-state index contributed by atoms with van der Waals surface area (Å²) in [5.74, 6) is -1.19. The van der Waals surface area contributed by atoms with Crippen molar-refractivity contribution in [1.29, 1.82) is 0 Å². The highest BCUT2D eigenvalue weighted by molar-refractivity contribution is 5.85. The summed E-state index contributed by atoms with van der Waals surface area (Å²) in [5, 5.41) is 8.63. The maximum Gasteiger partial charge on any atom is 0.330 e. The van der Waals surface area contributed by atoms with E-state index in [-0.39, 0.29) is 23.1 Å². The van der Waals surface area contributed by atoms with E-state index in [1.807, 2.05) is 13.8 Å². The summed E-state index contributed by atoms with van der Waals surface area (Å²) in [5.41, 5.74) is -0.0377. The lowest BCUT2D eigenvalue weighted by Gasteiger charge is -2.23. The normalized spacial score (nSPS) is 23.6. The summed E-state index contributed by atoms with van der Waals surface area (Å²) in [7, 11) is 0. The van der Waals surface area contributed by atoms with Gasteiger partial charge in [0.2, 0.25) is 0 Å². The molecule has 1 aliphatic heterocycles. The van der Waals surface area contributed by atoms with Crippen LogP contribution in [-0.2, 0) is 14.3 Å². The number of carboxylic acid groups (broad SMARTS) is 1. The van der Waals surface area contributed by atoms with Crippen molar-refractivity contribution in [3.63, 3.8) is 0 Å². The van der Waals surface area contributed by atoms with E-state index in [1.54, 1.807) is 0 Å². The minimum Gasteiger partial charge on any atom is -0.478 e. The highest BCUT2D eigenvalue weighted by atomic mass is 16.6. The number of esters is 1. The van der Waals surface area contributed by atoms with Crippen LogP contribution in [0.1, 0.15) is 33.1 Å². The summed E-state index contributed by atoms with van der Waals surface area (Å²) in [6, 6.07) is 0. The van der Waals surface area contributed by atoms with Gasteiger partial charge in [0.15, 0.2) is 0 Å². The molecule has 0 aromatic carbocycles. The Balaban J connectivity index is 2.49. The van der Waals surface area contributed by atoms with Gasteiger partial charge in [-0.25, -0.2) is 4.79 Å². The van der Waals surface area contributed by atoms with Crippen molar-refractivity contribution in [2.24, 2.45) is 5.41 Å². The second-order valence-corrected chi connectivity index (χ2v) is 4.59. The lowest BCUT2D eigenvalue weighted by molar-refractivity contribution is -0.141. The number of hydrogen-bond donors (Lipinski definition) is 1. The monoisotopic (exact) mass is 212 g/mol. The zero-order valence-electron chi connectivity index (χ0n) is 9.08. The Morgan fingerprint density at radius 2 is 2.27 bits per heavy atom. The molecule has 0 saturated carbocycles. The Labute approximate surface area is 88.9 Å². The number of carbonyl (C=O) groups excluding carboxylic acids is 1. The van der Waals surface area contributed by atoms with Crippen LogP contribution in [-0.4, -0.2) is 23.1 Å². The topological polar surface area (TPSA) is 63.6 Å². The van der Waals surface area contributed by atoms with Crippen molar-refractivity contribution in [2.45, 2.75) is 39.2 Å². The minimum atomic E-state index is -0.989. The molecule has 84 valence electrons. The predicted octanol–water partition coefficient (Wildman–Crippen LogP) is 1.75. The van der Waals surface area contributed by atoms with E-state index < -0.39 is 5.97 Å². The molecule has 1 saturated heterocycles. The van der Waals surface area contributed by atoms with Gasteiger partial charge in [0.1, 0.15) is 6.10 Å². The van der Waals surface area contributed by atoms with Crippen LogP contribution in [0.2, 0.25) is 0 Å². The molecule has 1 fully saturated rings. The Bertz CT molecular complexity index is 304. The summed E-state index contributed by atoms with van der Waals surface area (Å²) in [4.78, 5) is 21.6. The highest BCUT2D eigenvalue weighted by Gasteiger charge is 2.41. The van der Waals surface area contributed by atoms with Gasteiger partial charge in [-0.15, -0.1) is 0 Å². The number of hydrogen-bond acceptors (Lipinski definition) is 3. The summed E-state index contributed by atoms with van der Waals surface area (Å²) >= 11 is 0. The zero-order chi connectivity index (χ0) is 11.6. The van der Waals surface area contributed by atoms with Gasteiger partial charge in [-0.3, -0.25) is 4.79 Å². The number of cyclic esters (lactones) is 1. The van der Waals surface area contributed by atoms with Gasteiger partial charge in [-0.1, -0.05) is 20.4 Å². The number of carboxylic acids is 1. The van der Waals surface area contributed by atoms with Crippen LogP contribution < -0.4 is 0 Å². The van der Waals surface area contributed by atoms with Crippen LogP contribution in [0.5, 0.6) is 0 Å². The van der Waals surface area contributed by atoms with Crippen molar-refractivity contribution in [3.8, 4) is 0 Å². The van der Waals surface area contributed by atoms with Crippen molar-refractivity contribution >= 4 is 11.9 Å². The largest absolute Gasteiger partial charge is 0.478 e. The Morgan fingerprint density at radius 1 is 1.67 bits per heavy atom. The van der Waals surface area contributed by atoms with Crippen LogP contribution in [0.4, 0.5) is 0 Å². The molecule has 0 bridgehead atoms. The number of carbonyl (C=O) groups is 2. The molecule has 1 atom stereocenters. The Morgan fingerprint density at radius 3 is 2.67 bits per heavy atom. The average Bonchev–Trinajstić information content (AvgIpc) is 2.34. The molecule has 0 spiro atoms. The first-order valence-corrected chi connectivity index (χ1v) is 4.93. The standard InChI is InChI=1S/C11H16O4/c1-7(10(13)14)4-5-8-11(2,3)6-9(12)15-8/h8H,1,4-6H2,2-3H3,(H,13,14). The molecule has 4 heteroatoms. The highest BCUT2D eigenvalue weighted by Crippen LogP contribution is 2.37. The summed E-state index contributed by atoms with van der Waals surface area (Å²) in [6.45, 7) is 7.34. The number of rotatable bonds is 4. The van der Waals surface area contributed by atoms with Crippen LogP contribution in [0.25, 0.3) is 0 Å². The van der Waals surface area contributed by atoms with E-state index in [1.165, 1.54) is 0 Å². The Kier molecular flexibility index (Phi) is 3.17. The van der Waals surface area contributed by atoms with Crippen LogP contribution in [0.15, 0.2) is 12.2 Å². The molecule has 15 heavy (non-hydrogen) atoms. The first-order chi connectivity index (χ1) is 6.83. The number of aliphatic carboxylic acids is 1. The molecular formula is C11H16O4. The smallest absolute Gasteiger partial charge is 0.330 e. The van der Waals surface area contributed by atoms with E-state index in [4.69, 9.17) is 9.84 Å². The third kappa shape index (κ3) is 2.81. The molecule has 4 nitrogen and oxygen atoms in total. The fourth-order valence-electron chi connectivity index (χ4n) is 1.71. The first kappa shape index (κ1) is 11.8. The number of ether oxygens (including phenoxy) is 1. The lowest BCUT2D eigenvalue weighted by Crippen LogP contribution is -2.24. The zero-order valence-corrected chi connectivity index (χ0v) is 9.08.